The number of hydrogen-bond donors (Lipinski definition) is 0. The molecule has 0 spiro atoms. The molecule has 1 aliphatic rings. The molecule has 0 bridgehead atoms. The molecule has 1 nitrogen and oxygen atoms in total. The van der Waals surface area contributed by atoms with E-state index in [1.165, 1.54) is 48.0 Å². The summed E-state index contributed by atoms with van der Waals surface area (Å²) in [5.74, 6) is 0. The van der Waals surface area contributed by atoms with Crippen molar-refractivity contribution in [2.45, 2.75) is 32.6 Å². The summed E-state index contributed by atoms with van der Waals surface area (Å²) in [6.07, 6.45) is 7.28. The van der Waals surface area contributed by atoms with Crippen LogP contribution in [0.5, 0.6) is 0 Å². The molecule has 2 aromatic rings. The fraction of sp³-hybridized carbons (Fsp3) is 0.368. The lowest BCUT2D eigenvalue weighted by molar-refractivity contribution is 0.415. The minimum atomic E-state index is 1.06. The third-order valence-electron chi connectivity index (χ3n) is 4.20. The van der Waals surface area contributed by atoms with Gasteiger partial charge in [-0.1, -0.05) is 55.5 Å². The predicted octanol–water partition coefficient (Wildman–Crippen LogP) is 4.77. The zero-order chi connectivity index (χ0) is 13.8. The Morgan fingerprint density at radius 1 is 1.05 bits per heavy atom. The van der Waals surface area contributed by atoms with Crippen LogP contribution >= 0.6 is 0 Å². The minimum Gasteiger partial charge on any atom is -0.375 e. The van der Waals surface area contributed by atoms with Gasteiger partial charge in [-0.2, -0.15) is 0 Å². The first-order valence-corrected chi connectivity index (χ1v) is 7.79. The van der Waals surface area contributed by atoms with E-state index in [9.17, 15) is 0 Å². The van der Waals surface area contributed by atoms with Gasteiger partial charge in [0.1, 0.15) is 0 Å². The van der Waals surface area contributed by atoms with Crippen molar-refractivity contribution >= 4 is 10.8 Å². The fourth-order valence-corrected chi connectivity index (χ4v) is 3.19. The highest BCUT2D eigenvalue weighted by molar-refractivity contribution is 5.85. The molecule has 0 radical (unpaired) electrons. The van der Waals surface area contributed by atoms with Crippen LogP contribution in [-0.2, 0) is 6.42 Å². The molecule has 0 unspecified atom stereocenters. The summed E-state index contributed by atoms with van der Waals surface area (Å²) in [6, 6.07) is 15.4. The van der Waals surface area contributed by atoms with Gasteiger partial charge in [0.25, 0.3) is 0 Å². The quantitative estimate of drug-likeness (QED) is 0.769. The highest BCUT2D eigenvalue weighted by Gasteiger charge is 2.15. The van der Waals surface area contributed by atoms with Crippen molar-refractivity contribution < 1.29 is 0 Å². The lowest BCUT2D eigenvalue weighted by atomic mass is 10.00. The molecular weight excluding hydrogens is 242 g/mol. The molecular formula is C19H23N. The zero-order valence-corrected chi connectivity index (χ0v) is 12.3. The highest BCUT2D eigenvalue weighted by Crippen LogP contribution is 2.24. The van der Waals surface area contributed by atoms with Crippen LogP contribution in [0.25, 0.3) is 10.8 Å². The third-order valence-corrected chi connectivity index (χ3v) is 4.20. The molecule has 0 amide bonds. The van der Waals surface area contributed by atoms with Crippen molar-refractivity contribution in [2.75, 3.05) is 13.1 Å². The van der Waals surface area contributed by atoms with Gasteiger partial charge in [-0.05, 0) is 35.6 Å². The Bertz CT molecular complexity index is 601. The number of allylic oxidation sites excluding steroid dienone is 2. The van der Waals surface area contributed by atoms with E-state index in [4.69, 9.17) is 0 Å². The van der Waals surface area contributed by atoms with Gasteiger partial charge in [0.05, 0.1) is 0 Å². The SMILES string of the molecule is CC/C=C(\Cc1cccc2ccccc12)N1CCCC1. The number of hydrogen-bond acceptors (Lipinski definition) is 1. The van der Waals surface area contributed by atoms with Gasteiger partial charge < -0.3 is 4.90 Å². The van der Waals surface area contributed by atoms with Crippen LogP contribution in [0.1, 0.15) is 31.7 Å². The summed E-state index contributed by atoms with van der Waals surface area (Å²) in [6.45, 7) is 4.70. The maximum Gasteiger partial charge on any atom is 0.0175 e. The molecule has 1 saturated heterocycles. The van der Waals surface area contributed by atoms with E-state index in [1.54, 1.807) is 0 Å². The molecule has 1 heterocycles. The van der Waals surface area contributed by atoms with Crippen LogP contribution in [-0.4, -0.2) is 18.0 Å². The summed E-state index contributed by atoms with van der Waals surface area (Å²) in [4.78, 5) is 2.57. The van der Waals surface area contributed by atoms with Gasteiger partial charge >= 0.3 is 0 Å². The van der Waals surface area contributed by atoms with Crippen LogP contribution in [0.3, 0.4) is 0 Å². The van der Waals surface area contributed by atoms with E-state index >= 15 is 0 Å². The van der Waals surface area contributed by atoms with E-state index in [0.29, 0.717) is 0 Å². The molecule has 20 heavy (non-hydrogen) atoms. The zero-order valence-electron chi connectivity index (χ0n) is 12.3. The molecule has 0 N–H and O–H groups in total. The number of benzene rings is 2. The Balaban J connectivity index is 1.92. The number of rotatable bonds is 4. The Kier molecular flexibility index (Phi) is 4.05. The van der Waals surface area contributed by atoms with Crippen molar-refractivity contribution in [2.24, 2.45) is 0 Å². The van der Waals surface area contributed by atoms with Gasteiger partial charge in [-0.3, -0.25) is 0 Å². The standard InChI is InChI=1S/C19H23N/c1-2-8-18(20-13-5-6-14-20)15-17-11-7-10-16-9-3-4-12-19(16)17/h3-4,7-12H,2,5-6,13-15H2,1H3/b18-8+. The fourth-order valence-electron chi connectivity index (χ4n) is 3.19. The molecule has 104 valence electrons. The summed E-state index contributed by atoms with van der Waals surface area (Å²) in [5, 5.41) is 2.75. The van der Waals surface area contributed by atoms with Gasteiger partial charge in [-0.15, -0.1) is 0 Å². The number of fused-ring (bicyclic) bond motifs is 1. The number of nitrogens with zero attached hydrogens (tertiary/aromatic N) is 1. The average Bonchev–Trinajstić information content (AvgIpc) is 3.01. The molecule has 0 saturated carbocycles. The van der Waals surface area contributed by atoms with Crippen LogP contribution in [0.4, 0.5) is 0 Å². The van der Waals surface area contributed by atoms with Crippen LogP contribution in [0, 0.1) is 0 Å². The lowest BCUT2D eigenvalue weighted by Gasteiger charge is -2.22. The number of likely N-dealkylation sites (tertiary alicyclic amines) is 1. The first kappa shape index (κ1) is 13.2. The second-order valence-electron chi connectivity index (χ2n) is 5.61. The van der Waals surface area contributed by atoms with Gasteiger partial charge in [-0.25, -0.2) is 0 Å². The summed E-state index contributed by atoms with van der Waals surface area (Å²) in [5.41, 5.74) is 2.97. The average molecular weight is 265 g/mol. The molecule has 0 aromatic heterocycles. The van der Waals surface area contributed by atoms with Crippen molar-refractivity contribution in [3.63, 3.8) is 0 Å². The molecule has 1 heteroatoms. The molecule has 3 rings (SSSR count). The Labute approximate surface area is 121 Å². The highest BCUT2D eigenvalue weighted by atomic mass is 15.1. The molecule has 0 aliphatic carbocycles. The minimum absolute atomic E-state index is 1.06. The smallest absolute Gasteiger partial charge is 0.0175 e. The third kappa shape index (κ3) is 2.72. The van der Waals surface area contributed by atoms with Crippen molar-refractivity contribution in [3.8, 4) is 0 Å². The maximum atomic E-state index is 2.57. The topological polar surface area (TPSA) is 3.24 Å². The largest absolute Gasteiger partial charge is 0.375 e. The summed E-state index contributed by atoms with van der Waals surface area (Å²) in [7, 11) is 0. The van der Waals surface area contributed by atoms with Crippen LogP contribution in [0.2, 0.25) is 0 Å². The van der Waals surface area contributed by atoms with Crippen molar-refractivity contribution in [1.82, 2.24) is 4.90 Å². The van der Waals surface area contributed by atoms with Crippen molar-refractivity contribution in [3.05, 3.63) is 59.8 Å². The van der Waals surface area contributed by atoms with Crippen LogP contribution in [0.15, 0.2) is 54.2 Å². The molecule has 1 fully saturated rings. The Morgan fingerprint density at radius 3 is 2.60 bits per heavy atom. The van der Waals surface area contributed by atoms with Gasteiger partial charge in [0.15, 0.2) is 0 Å². The van der Waals surface area contributed by atoms with E-state index in [1.807, 2.05) is 0 Å². The molecule has 0 atom stereocenters. The Hall–Kier alpha value is -1.76. The second-order valence-corrected chi connectivity index (χ2v) is 5.61. The molecule has 1 aliphatic heterocycles. The molecule has 2 aromatic carbocycles. The van der Waals surface area contributed by atoms with Gasteiger partial charge in [0, 0.05) is 25.2 Å². The summed E-state index contributed by atoms with van der Waals surface area (Å²) >= 11 is 0. The second kappa shape index (κ2) is 6.13. The first-order valence-electron chi connectivity index (χ1n) is 7.79. The normalized spacial score (nSPS) is 16.1. The first-order chi connectivity index (χ1) is 9.88. The summed E-state index contributed by atoms with van der Waals surface area (Å²) < 4.78 is 0. The van der Waals surface area contributed by atoms with E-state index in [2.05, 4.69) is 60.4 Å². The van der Waals surface area contributed by atoms with E-state index < -0.39 is 0 Å². The lowest BCUT2D eigenvalue weighted by Crippen LogP contribution is -2.20. The van der Waals surface area contributed by atoms with E-state index in [-0.39, 0.29) is 0 Å². The van der Waals surface area contributed by atoms with E-state index in [0.717, 1.165) is 12.8 Å². The van der Waals surface area contributed by atoms with Crippen LogP contribution < -0.4 is 0 Å². The monoisotopic (exact) mass is 265 g/mol. The Morgan fingerprint density at radius 2 is 1.80 bits per heavy atom. The van der Waals surface area contributed by atoms with Gasteiger partial charge in [0.2, 0.25) is 0 Å². The maximum absolute atomic E-state index is 2.57. The predicted molar refractivity (Wildman–Crippen MR) is 86.8 cm³/mol. The van der Waals surface area contributed by atoms with Crippen molar-refractivity contribution in [1.29, 1.82) is 0 Å².